The Labute approximate surface area is 177 Å². The lowest BCUT2D eigenvalue weighted by Gasteiger charge is -2.47. The summed E-state index contributed by atoms with van der Waals surface area (Å²) in [6.45, 7) is 5.86. The summed E-state index contributed by atoms with van der Waals surface area (Å²) in [7, 11) is 3.94. The standard InChI is InChI=1S/C21H28Cl2N2O3/c1-4-9-24(2)19-14-21(27-10-11-28-21)8-7-18(19)25(3)20(26)13-15-5-6-16(22)17(23)12-15/h4-6,12,18-19H,1,7-11,13-14H2,2-3H3/t18-,19-/m1/s1. The van der Waals surface area contributed by atoms with Crippen molar-refractivity contribution in [1.29, 1.82) is 0 Å². The van der Waals surface area contributed by atoms with Crippen LogP contribution in [0.2, 0.25) is 10.0 Å². The predicted octanol–water partition coefficient (Wildman–Crippen LogP) is 3.78. The average Bonchev–Trinajstić information content (AvgIpc) is 3.12. The van der Waals surface area contributed by atoms with Gasteiger partial charge in [-0.15, -0.1) is 6.58 Å². The van der Waals surface area contributed by atoms with Gasteiger partial charge in [0.25, 0.3) is 0 Å². The fourth-order valence-electron chi connectivity index (χ4n) is 4.25. The number of carbonyl (C=O) groups is 1. The molecule has 154 valence electrons. The van der Waals surface area contributed by atoms with Gasteiger partial charge in [0.2, 0.25) is 5.91 Å². The molecule has 1 heterocycles. The molecule has 2 aliphatic rings. The highest BCUT2D eigenvalue weighted by Gasteiger charge is 2.47. The molecule has 0 unspecified atom stereocenters. The van der Waals surface area contributed by atoms with Crippen molar-refractivity contribution in [2.45, 2.75) is 43.6 Å². The zero-order chi connectivity index (χ0) is 20.3. The molecule has 2 fully saturated rings. The molecule has 0 aromatic heterocycles. The fourth-order valence-corrected chi connectivity index (χ4v) is 4.57. The Hall–Kier alpha value is -1.11. The zero-order valence-corrected chi connectivity index (χ0v) is 18.0. The van der Waals surface area contributed by atoms with Gasteiger partial charge >= 0.3 is 0 Å². The summed E-state index contributed by atoms with van der Waals surface area (Å²) in [4.78, 5) is 17.1. The SMILES string of the molecule is C=CCN(C)[C@@H]1CC2(CC[C@H]1N(C)C(=O)Cc1ccc(Cl)c(Cl)c1)OCCO2. The Bertz CT molecular complexity index is 722. The maximum atomic E-state index is 13.0. The number of rotatable bonds is 6. The summed E-state index contributed by atoms with van der Waals surface area (Å²) < 4.78 is 11.9. The molecule has 28 heavy (non-hydrogen) atoms. The molecule has 1 saturated carbocycles. The normalized spacial score (nSPS) is 23.9. The van der Waals surface area contributed by atoms with Crippen LogP contribution in [0.15, 0.2) is 30.9 Å². The quantitative estimate of drug-likeness (QED) is 0.649. The van der Waals surface area contributed by atoms with Crippen molar-refractivity contribution in [3.05, 3.63) is 46.5 Å². The van der Waals surface area contributed by atoms with Crippen LogP contribution in [0.25, 0.3) is 0 Å². The molecular formula is C21H28Cl2N2O3. The molecule has 1 aromatic rings. The largest absolute Gasteiger partial charge is 0.347 e. The third kappa shape index (κ3) is 4.71. The van der Waals surface area contributed by atoms with Gasteiger partial charge < -0.3 is 14.4 Å². The van der Waals surface area contributed by atoms with E-state index in [0.29, 0.717) is 29.7 Å². The third-order valence-electron chi connectivity index (χ3n) is 5.81. The first-order chi connectivity index (χ1) is 13.3. The van der Waals surface area contributed by atoms with Crippen LogP contribution < -0.4 is 0 Å². The van der Waals surface area contributed by atoms with Gasteiger partial charge in [0.05, 0.1) is 29.7 Å². The van der Waals surface area contributed by atoms with Crippen LogP contribution in [0.3, 0.4) is 0 Å². The first-order valence-electron chi connectivity index (χ1n) is 9.64. The van der Waals surface area contributed by atoms with E-state index in [9.17, 15) is 4.79 Å². The molecule has 2 atom stereocenters. The van der Waals surface area contributed by atoms with E-state index in [4.69, 9.17) is 32.7 Å². The lowest BCUT2D eigenvalue weighted by molar-refractivity contribution is -0.198. The van der Waals surface area contributed by atoms with Crippen LogP contribution in [0.1, 0.15) is 24.8 Å². The van der Waals surface area contributed by atoms with Gasteiger partial charge in [-0.1, -0.05) is 35.3 Å². The molecular weight excluding hydrogens is 399 g/mol. The topological polar surface area (TPSA) is 42.0 Å². The summed E-state index contributed by atoms with van der Waals surface area (Å²) in [5.41, 5.74) is 0.858. The van der Waals surface area contributed by atoms with E-state index in [1.807, 2.05) is 24.1 Å². The lowest BCUT2D eigenvalue weighted by atomic mass is 9.83. The molecule has 1 aromatic carbocycles. The van der Waals surface area contributed by atoms with Gasteiger partial charge in [-0.05, 0) is 31.2 Å². The fraction of sp³-hybridized carbons (Fsp3) is 0.571. The zero-order valence-electron chi connectivity index (χ0n) is 16.5. The summed E-state index contributed by atoms with van der Waals surface area (Å²) >= 11 is 12.1. The van der Waals surface area contributed by atoms with Crippen molar-refractivity contribution in [2.75, 3.05) is 33.9 Å². The Morgan fingerprint density at radius 3 is 2.61 bits per heavy atom. The minimum atomic E-state index is -0.510. The van der Waals surface area contributed by atoms with Crippen LogP contribution in [-0.2, 0) is 20.7 Å². The number of ether oxygens (including phenoxy) is 2. The Kier molecular flexibility index (Phi) is 7.05. The van der Waals surface area contributed by atoms with E-state index in [0.717, 1.165) is 31.4 Å². The number of carbonyl (C=O) groups excluding carboxylic acids is 1. The van der Waals surface area contributed by atoms with Crippen LogP contribution in [-0.4, -0.2) is 67.4 Å². The Morgan fingerprint density at radius 2 is 1.96 bits per heavy atom. The second kappa shape index (κ2) is 9.14. The molecule has 1 saturated heterocycles. The van der Waals surface area contributed by atoms with E-state index in [1.54, 1.807) is 12.1 Å². The number of halogens is 2. The van der Waals surface area contributed by atoms with Gasteiger partial charge in [-0.2, -0.15) is 0 Å². The van der Waals surface area contributed by atoms with Crippen molar-refractivity contribution in [2.24, 2.45) is 0 Å². The third-order valence-corrected chi connectivity index (χ3v) is 6.55. The first-order valence-corrected chi connectivity index (χ1v) is 10.4. The van der Waals surface area contributed by atoms with Gasteiger partial charge in [0.15, 0.2) is 5.79 Å². The second-order valence-electron chi connectivity index (χ2n) is 7.64. The van der Waals surface area contributed by atoms with Crippen molar-refractivity contribution in [3.8, 4) is 0 Å². The summed E-state index contributed by atoms with van der Waals surface area (Å²) in [6.07, 6.45) is 4.54. The summed E-state index contributed by atoms with van der Waals surface area (Å²) in [5.74, 6) is -0.450. The predicted molar refractivity (Wildman–Crippen MR) is 112 cm³/mol. The van der Waals surface area contributed by atoms with Crippen LogP contribution in [0.5, 0.6) is 0 Å². The number of benzene rings is 1. The lowest BCUT2D eigenvalue weighted by Crippen LogP contribution is -2.58. The minimum absolute atomic E-state index is 0.0598. The number of hydrogen-bond donors (Lipinski definition) is 0. The van der Waals surface area contributed by atoms with E-state index in [-0.39, 0.29) is 18.0 Å². The van der Waals surface area contributed by atoms with Crippen molar-refractivity contribution in [1.82, 2.24) is 9.80 Å². The summed E-state index contributed by atoms with van der Waals surface area (Å²) in [5, 5.41) is 0.958. The van der Waals surface area contributed by atoms with Gasteiger partial charge in [0, 0.05) is 38.5 Å². The minimum Gasteiger partial charge on any atom is -0.347 e. The highest BCUT2D eigenvalue weighted by atomic mass is 35.5. The van der Waals surface area contributed by atoms with E-state index in [2.05, 4.69) is 18.5 Å². The molecule has 1 amide bonds. The molecule has 1 aliphatic carbocycles. The average molecular weight is 427 g/mol. The van der Waals surface area contributed by atoms with Gasteiger partial charge in [-0.3, -0.25) is 9.69 Å². The van der Waals surface area contributed by atoms with Crippen molar-refractivity contribution in [3.63, 3.8) is 0 Å². The van der Waals surface area contributed by atoms with Crippen LogP contribution in [0, 0.1) is 0 Å². The molecule has 5 nitrogen and oxygen atoms in total. The maximum Gasteiger partial charge on any atom is 0.227 e. The highest BCUT2D eigenvalue weighted by Crippen LogP contribution is 2.39. The van der Waals surface area contributed by atoms with E-state index < -0.39 is 5.79 Å². The van der Waals surface area contributed by atoms with Crippen LogP contribution >= 0.6 is 23.2 Å². The number of amides is 1. The number of hydrogen-bond acceptors (Lipinski definition) is 4. The number of likely N-dealkylation sites (N-methyl/N-ethyl adjacent to an activating group) is 2. The van der Waals surface area contributed by atoms with E-state index >= 15 is 0 Å². The molecule has 3 rings (SSSR count). The Morgan fingerprint density at radius 1 is 1.25 bits per heavy atom. The van der Waals surface area contributed by atoms with Crippen molar-refractivity contribution < 1.29 is 14.3 Å². The second-order valence-corrected chi connectivity index (χ2v) is 8.46. The molecule has 0 radical (unpaired) electrons. The van der Waals surface area contributed by atoms with Gasteiger partial charge in [0.1, 0.15) is 0 Å². The summed E-state index contributed by atoms with van der Waals surface area (Å²) in [6, 6.07) is 5.54. The first kappa shape index (κ1) is 21.6. The maximum absolute atomic E-state index is 13.0. The van der Waals surface area contributed by atoms with Gasteiger partial charge in [-0.25, -0.2) is 0 Å². The molecule has 0 N–H and O–H groups in total. The highest BCUT2D eigenvalue weighted by molar-refractivity contribution is 6.42. The van der Waals surface area contributed by atoms with Crippen molar-refractivity contribution >= 4 is 29.1 Å². The molecule has 7 heteroatoms. The molecule has 1 aliphatic heterocycles. The monoisotopic (exact) mass is 426 g/mol. The molecule has 0 bridgehead atoms. The Balaban J connectivity index is 1.73. The molecule has 1 spiro atoms. The smallest absolute Gasteiger partial charge is 0.227 e. The van der Waals surface area contributed by atoms with E-state index in [1.165, 1.54) is 0 Å². The number of nitrogens with zero attached hydrogens (tertiary/aromatic N) is 2. The van der Waals surface area contributed by atoms with Crippen LogP contribution in [0.4, 0.5) is 0 Å².